The van der Waals surface area contributed by atoms with Gasteiger partial charge in [-0.1, -0.05) is 35.5 Å². The van der Waals surface area contributed by atoms with E-state index >= 15 is 0 Å². The predicted octanol–water partition coefficient (Wildman–Crippen LogP) is 2.53. The Kier molecular flexibility index (Phi) is 3.59. The third kappa shape index (κ3) is 2.79. The molecule has 0 aliphatic rings. The number of nitrogens with zero attached hydrogens (tertiary/aromatic N) is 3. The molecular weight excluding hydrogens is 302 g/mol. The Balaban J connectivity index is 1.82. The quantitative estimate of drug-likeness (QED) is 0.563. The molecule has 9 nitrogen and oxygen atoms in total. The lowest BCUT2D eigenvalue weighted by molar-refractivity contribution is -0.385. The highest BCUT2D eigenvalue weighted by atomic mass is 16.6. The SMILES string of the molecule is Cc1[nH]nc(C(=O)Nc2cc(-c3ccccc3)on2)c1[N+](=O)[O-]. The second kappa shape index (κ2) is 5.72. The fourth-order valence-corrected chi connectivity index (χ4v) is 2.05. The molecule has 0 fully saturated rings. The molecule has 0 atom stereocenters. The van der Waals surface area contributed by atoms with E-state index in [1.54, 1.807) is 0 Å². The summed E-state index contributed by atoms with van der Waals surface area (Å²) in [5.41, 5.74) is 0.318. The van der Waals surface area contributed by atoms with Crippen LogP contribution in [0, 0.1) is 17.0 Å². The highest BCUT2D eigenvalue weighted by molar-refractivity contribution is 6.05. The fourth-order valence-electron chi connectivity index (χ4n) is 2.05. The van der Waals surface area contributed by atoms with Crippen molar-refractivity contribution in [1.82, 2.24) is 15.4 Å². The largest absolute Gasteiger partial charge is 0.354 e. The molecule has 23 heavy (non-hydrogen) atoms. The number of nitro groups is 1. The van der Waals surface area contributed by atoms with Crippen molar-refractivity contribution in [3.8, 4) is 11.3 Å². The summed E-state index contributed by atoms with van der Waals surface area (Å²) in [7, 11) is 0. The molecule has 9 heteroatoms. The first-order valence-corrected chi connectivity index (χ1v) is 6.59. The second-order valence-electron chi connectivity index (χ2n) is 4.70. The van der Waals surface area contributed by atoms with Gasteiger partial charge in [0.1, 0.15) is 5.69 Å². The fraction of sp³-hybridized carbons (Fsp3) is 0.0714. The van der Waals surface area contributed by atoms with Gasteiger partial charge in [-0.05, 0) is 6.92 Å². The maximum absolute atomic E-state index is 12.1. The molecule has 0 unspecified atom stereocenters. The summed E-state index contributed by atoms with van der Waals surface area (Å²) in [6.07, 6.45) is 0. The average molecular weight is 313 g/mol. The molecule has 1 aromatic carbocycles. The van der Waals surface area contributed by atoms with Crippen LogP contribution < -0.4 is 5.32 Å². The van der Waals surface area contributed by atoms with Crippen LogP contribution in [-0.2, 0) is 0 Å². The van der Waals surface area contributed by atoms with Crippen molar-refractivity contribution in [2.75, 3.05) is 5.32 Å². The number of carbonyl (C=O) groups is 1. The van der Waals surface area contributed by atoms with Crippen molar-refractivity contribution < 1.29 is 14.2 Å². The van der Waals surface area contributed by atoms with Crippen LogP contribution in [0.3, 0.4) is 0 Å². The number of aromatic amines is 1. The average Bonchev–Trinajstić information content (AvgIpc) is 3.14. The number of nitrogens with one attached hydrogen (secondary N) is 2. The number of carbonyl (C=O) groups excluding carboxylic acids is 1. The Bertz CT molecular complexity index is 868. The highest BCUT2D eigenvalue weighted by Gasteiger charge is 2.27. The minimum Gasteiger partial charge on any atom is -0.354 e. The standard InChI is InChI=1S/C14H11N5O4/c1-8-13(19(21)22)12(17-16-8)14(20)15-11-7-10(23-18-11)9-5-3-2-4-6-9/h2-7H,1H3,(H,16,17)(H,15,18,20). The third-order valence-corrected chi connectivity index (χ3v) is 3.12. The normalized spacial score (nSPS) is 10.5. The van der Waals surface area contributed by atoms with Crippen molar-refractivity contribution in [2.45, 2.75) is 6.92 Å². The van der Waals surface area contributed by atoms with Gasteiger partial charge in [0.15, 0.2) is 11.6 Å². The van der Waals surface area contributed by atoms with Gasteiger partial charge in [0.2, 0.25) is 5.69 Å². The van der Waals surface area contributed by atoms with Crippen LogP contribution in [0.2, 0.25) is 0 Å². The number of aromatic nitrogens is 3. The lowest BCUT2D eigenvalue weighted by atomic mass is 10.2. The molecule has 3 aromatic rings. The summed E-state index contributed by atoms with van der Waals surface area (Å²) >= 11 is 0. The number of H-pyrrole nitrogens is 1. The van der Waals surface area contributed by atoms with E-state index in [9.17, 15) is 14.9 Å². The number of hydrogen-bond acceptors (Lipinski definition) is 6. The van der Waals surface area contributed by atoms with Crippen LogP contribution in [0.4, 0.5) is 11.5 Å². The van der Waals surface area contributed by atoms with Crippen LogP contribution in [0.1, 0.15) is 16.2 Å². The third-order valence-electron chi connectivity index (χ3n) is 3.12. The minimum absolute atomic E-state index is 0.142. The minimum atomic E-state index is -0.742. The molecule has 0 saturated carbocycles. The van der Waals surface area contributed by atoms with Gasteiger partial charge >= 0.3 is 5.69 Å². The molecule has 0 bridgehead atoms. The molecule has 0 aliphatic heterocycles. The van der Waals surface area contributed by atoms with Crippen LogP contribution in [0.25, 0.3) is 11.3 Å². The smallest absolute Gasteiger partial charge is 0.322 e. The molecule has 2 N–H and O–H groups in total. The highest BCUT2D eigenvalue weighted by Crippen LogP contribution is 2.24. The first kappa shape index (κ1) is 14.4. The number of rotatable bonds is 4. The first-order valence-electron chi connectivity index (χ1n) is 6.59. The van der Waals surface area contributed by atoms with E-state index in [0.29, 0.717) is 5.76 Å². The van der Waals surface area contributed by atoms with Crippen molar-refractivity contribution >= 4 is 17.4 Å². The summed E-state index contributed by atoms with van der Waals surface area (Å²) in [5.74, 6) is -0.133. The van der Waals surface area contributed by atoms with E-state index in [2.05, 4.69) is 20.7 Å². The Hall–Kier alpha value is -3.49. The Labute approximate surface area is 129 Å². The van der Waals surface area contributed by atoms with Crippen LogP contribution in [0.15, 0.2) is 40.9 Å². The van der Waals surface area contributed by atoms with Crippen LogP contribution in [0.5, 0.6) is 0 Å². The molecular formula is C14H11N5O4. The topological polar surface area (TPSA) is 127 Å². The number of amides is 1. The number of benzene rings is 1. The lowest BCUT2D eigenvalue weighted by Crippen LogP contribution is -2.14. The zero-order chi connectivity index (χ0) is 16.4. The van der Waals surface area contributed by atoms with E-state index in [1.165, 1.54) is 13.0 Å². The maximum atomic E-state index is 12.1. The number of hydrogen-bond donors (Lipinski definition) is 2. The molecule has 2 heterocycles. The predicted molar refractivity (Wildman–Crippen MR) is 79.9 cm³/mol. The van der Waals surface area contributed by atoms with Crippen molar-refractivity contribution in [3.05, 3.63) is 57.9 Å². The Morgan fingerprint density at radius 3 is 2.78 bits per heavy atom. The van der Waals surface area contributed by atoms with E-state index in [-0.39, 0.29) is 22.9 Å². The number of aryl methyl sites for hydroxylation is 1. The van der Waals surface area contributed by atoms with Gasteiger partial charge in [-0.15, -0.1) is 0 Å². The lowest BCUT2D eigenvalue weighted by Gasteiger charge is -1.97. The molecule has 1 amide bonds. The molecule has 0 spiro atoms. The maximum Gasteiger partial charge on any atom is 0.322 e. The van der Waals surface area contributed by atoms with Crippen molar-refractivity contribution in [1.29, 1.82) is 0 Å². The molecule has 2 aromatic heterocycles. The van der Waals surface area contributed by atoms with Gasteiger partial charge in [0.25, 0.3) is 5.91 Å². The van der Waals surface area contributed by atoms with E-state index in [1.807, 2.05) is 30.3 Å². The molecule has 0 saturated heterocycles. The van der Waals surface area contributed by atoms with Gasteiger partial charge in [-0.25, -0.2) is 0 Å². The van der Waals surface area contributed by atoms with Crippen LogP contribution >= 0.6 is 0 Å². The van der Waals surface area contributed by atoms with Gasteiger partial charge < -0.3 is 9.84 Å². The van der Waals surface area contributed by atoms with Crippen molar-refractivity contribution in [3.63, 3.8) is 0 Å². The molecule has 116 valence electrons. The summed E-state index contributed by atoms with van der Waals surface area (Å²) in [6, 6.07) is 10.7. The molecule has 0 aliphatic carbocycles. The number of anilines is 1. The van der Waals surface area contributed by atoms with Gasteiger partial charge in [-0.2, -0.15) is 5.10 Å². The van der Waals surface area contributed by atoms with Crippen molar-refractivity contribution in [2.24, 2.45) is 0 Å². The summed E-state index contributed by atoms with van der Waals surface area (Å²) in [5, 5.41) is 23.2. The second-order valence-corrected chi connectivity index (χ2v) is 4.70. The summed E-state index contributed by atoms with van der Waals surface area (Å²) in [6.45, 7) is 1.46. The van der Waals surface area contributed by atoms with Gasteiger partial charge in [0.05, 0.1) is 4.92 Å². The van der Waals surface area contributed by atoms with Crippen LogP contribution in [-0.4, -0.2) is 26.2 Å². The molecule has 3 rings (SSSR count). The summed E-state index contributed by atoms with van der Waals surface area (Å²) < 4.78 is 5.14. The van der Waals surface area contributed by atoms with Gasteiger partial charge in [-0.3, -0.25) is 20.0 Å². The monoisotopic (exact) mass is 313 g/mol. The van der Waals surface area contributed by atoms with E-state index < -0.39 is 10.8 Å². The zero-order valence-electron chi connectivity index (χ0n) is 11.9. The molecule has 0 radical (unpaired) electrons. The Morgan fingerprint density at radius 1 is 1.35 bits per heavy atom. The van der Waals surface area contributed by atoms with Gasteiger partial charge in [0, 0.05) is 11.6 Å². The first-order chi connectivity index (χ1) is 11.1. The Morgan fingerprint density at radius 2 is 2.09 bits per heavy atom. The van der Waals surface area contributed by atoms with E-state index in [4.69, 9.17) is 4.52 Å². The zero-order valence-corrected chi connectivity index (χ0v) is 11.9. The summed E-state index contributed by atoms with van der Waals surface area (Å²) in [4.78, 5) is 22.4. The van der Waals surface area contributed by atoms with E-state index in [0.717, 1.165) is 5.56 Å².